The molecule has 3 aromatic rings. The average molecular weight is 475 g/mol. The van der Waals surface area contributed by atoms with Crippen LogP contribution in [0, 0.1) is 11.8 Å². The fourth-order valence-electron chi connectivity index (χ4n) is 4.14. The van der Waals surface area contributed by atoms with Crippen molar-refractivity contribution in [3.05, 3.63) is 108 Å². The maximum absolute atomic E-state index is 6.98. The van der Waals surface area contributed by atoms with E-state index in [-0.39, 0.29) is 6.10 Å². The standard InChI is InChI=1S/C32H42O3/c1-26(2)20-22-33-24-31(34-23-21-27(3)4)25-35-32(28-14-8-5-9-15-28,29-16-10-6-11-17-29)30-18-12-7-13-19-30/h5-19,26-27,31H,20-25H2,1-4H3/t31-/m0/s1. The number of benzene rings is 3. The molecule has 188 valence electrons. The Kier molecular flexibility index (Phi) is 11.0. The average Bonchev–Trinajstić information content (AvgIpc) is 2.88. The highest BCUT2D eigenvalue weighted by Crippen LogP contribution is 2.40. The summed E-state index contributed by atoms with van der Waals surface area (Å²) in [7, 11) is 0. The van der Waals surface area contributed by atoms with Crippen LogP contribution in [-0.2, 0) is 19.8 Å². The summed E-state index contributed by atoms with van der Waals surface area (Å²) in [5.41, 5.74) is 2.54. The van der Waals surface area contributed by atoms with Gasteiger partial charge in [0.15, 0.2) is 0 Å². The van der Waals surface area contributed by atoms with Gasteiger partial charge in [-0.25, -0.2) is 0 Å². The van der Waals surface area contributed by atoms with Gasteiger partial charge < -0.3 is 14.2 Å². The molecule has 0 N–H and O–H groups in total. The summed E-state index contributed by atoms with van der Waals surface area (Å²) >= 11 is 0. The molecule has 0 aromatic heterocycles. The minimum atomic E-state index is -0.749. The van der Waals surface area contributed by atoms with Crippen molar-refractivity contribution in [3.8, 4) is 0 Å². The van der Waals surface area contributed by atoms with Gasteiger partial charge in [0.2, 0.25) is 0 Å². The van der Waals surface area contributed by atoms with Crippen molar-refractivity contribution >= 4 is 0 Å². The molecule has 3 heteroatoms. The lowest BCUT2D eigenvalue weighted by molar-refractivity contribution is -0.0936. The second kappa shape index (κ2) is 14.2. The molecule has 0 bridgehead atoms. The first-order chi connectivity index (χ1) is 17.0. The molecule has 0 aliphatic carbocycles. The smallest absolute Gasteiger partial charge is 0.143 e. The predicted octanol–water partition coefficient (Wildman–Crippen LogP) is 7.49. The molecule has 0 fully saturated rings. The van der Waals surface area contributed by atoms with Gasteiger partial charge >= 0.3 is 0 Å². The summed E-state index contributed by atoms with van der Waals surface area (Å²) < 4.78 is 19.3. The molecule has 1 atom stereocenters. The number of hydrogen-bond acceptors (Lipinski definition) is 3. The summed E-state index contributed by atoms with van der Waals surface area (Å²) in [6.45, 7) is 11.3. The van der Waals surface area contributed by atoms with Gasteiger partial charge in [0.1, 0.15) is 11.7 Å². The molecule has 0 amide bonds. The van der Waals surface area contributed by atoms with E-state index in [0.717, 1.165) is 36.1 Å². The Labute approximate surface area is 212 Å². The van der Waals surface area contributed by atoms with Gasteiger partial charge in [-0.05, 0) is 41.4 Å². The van der Waals surface area contributed by atoms with E-state index in [9.17, 15) is 0 Å². The maximum atomic E-state index is 6.98. The Bertz CT molecular complexity index is 842. The van der Waals surface area contributed by atoms with Crippen molar-refractivity contribution in [3.63, 3.8) is 0 Å². The van der Waals surface area contributed by atoms with Crippen molar-refractivity contribution in [2.24, 2.45) is 11.8 Å². The number of hydrogen-bond donors (Lipinski definition) is 0. The minimum Gasteiger partial charge on any atom is -0.379 e. The monoisotopic (exact) mass is 474 g/mol. The zero-order valence-corrected chi connectivity index (χ0v) is 21.9. The lowest BCUT2D eigenvalue weighted by Gasteiger charge is -2.37. The van der Waals surface area contributed by atoms with Crippen LogP contribution in [0.2, 0.25) is 0 Å². The number of ether oxygens (including phenoxy) is 3. The van der Waals surface area contributed by atoms with E-state index in [1.165, 1.54) is 0 Å². The summed E-state index contributed by atoms with van der Waals surface area (Å²) in [5.74, 6) is 1.21. The summed E-state index contributed by atoms with van der Waals surface area (Å²) in [5, 5.41) is 0. The van der Waals surface area contributed by atoms with E-state index in [2.05, 4.69) is 100 Å². The zero-order valence-electron chi connectivity index (χ0n) is 21.9. The van der Waals surface area contributed by atoms with Gasteiger partial charge in [-0.2, -0.15) is 0 Å². The van der Waals surface area contributed by atoms with Crippen molar-refractivity contribution in [2.75, 3.05) is 26.4 Å². The van der Waals surface area contributed by atoms with Crippen LogP contribution in [-0.4, -0.2) is 32.5 Å². The fourth-order valence-corrected chi connectivity index (χ4v) is 4.14. The van der Waals surface area contributed by atoms with Gasteiger partial charge in [-0.3, -0.25) is 0 Å². The number of rotatable bonds is 15. The maximum Gasteiger partial charge on any atom is 0.143 e. The first-order valence-corrected chi connectivity index (χ1v) is 13.0. The van der Waals surface area contributed by atoms with Crippen LogP contribution < -0.4 is 0 Å². The molecule has 0 radical (unpaired) electrons. The van der Waals surface area contributed by atoms with E-state index < -0.39 is 5.60 Å². The Morgan fingerprint density at radius 2 is 1.00 bits per heavy atom. The lowest BCUT2D eigenvalue weighted by Crippen LogP contribution is -2.37. The first kappa shape index (κ1) is 27.1. The van der Waals surface area contributed by atoms with Crippen LogP contribution in [0.3, 0.4) is 0 Å². The molecule has 0 heterocycles. The lowest BCUT2D eigenvalue weighted by atomic mass is 9.80. The molecule has 0 aliphatic rings. The van der Waals surface area contributed by atoms with Crippen LogP contribution in [0.15, 0.2) is 91.0 Å². The van der Waals surface area contributed by atoms with Crippen molar-refractivity contribution in [1.82, 2.24) is 0 Å². The van der Waals surface area contributed by atoms with Crippen molar-refractivity contribution < 1.29 is 14.2 Å². The van der Waals surface area contributed by atoms with E-state index in [1.54, 1.807) is 0 Å². The Morgan fingerprint density at radius 3 is 1.43 bits per heavy atom. The molecule has 0 aliphatic heterocycles. The molecule has 0 saturated heterocycles. The van der Waals surface area contributed by atoms with Crippen LogP contribution in [0.25, 0.3) is 0 Å². The normalized spacial score (nSPS) is 12.9. The highest BCUT2D eigenvalue weighted by molar-refractivity contribution is 5.47. The molecule has 0 unspecified atom stereocenters. The van der Waals surface area contributed by atoms with E-state index in [4.69, 9.17) is 14.2 Å². The van der Waals surface area contributed by atoms with Crippen LogP contribution >= 0.6 is 0 Å². The SMILES string of the molecule is CC(C)CCOC[C@@H](COC(c1ccccc1)(c1ccccc1)c1ccccc1)OCCC(C)C. The summed E-state index contributed by atoms with van der Waals surface area (Å²) in [6, 6.07) is 31.5. The van der Waals surface area contributed by atoms with Crippen molar-refractivity contribution in [2.45, 2.75) is 52.2 Å². The second-order valence-corrected chi connectivity index (χ2v) is 10.0. The van der Waals surface area contributed by atoms with Gasteiger partial charge in [0.05, 0.1) is 13.2 Å². The molecule has 3 aromatic carbocycles. The van der Waals surface area contributed by atoms with Crippen LogP contribution in [0.1, 0.15) is 57.2 Å². The molecule has 0 spiro atoms. The fraction of sp³-hybridized carbons (Fsp3) is 0.438. The molecule has 35 heavy (non-hydrogen) atoms. The Morgan fingerprint density at radius 1 is 0.571 bits per heavy atom. The Balaban J connectivity index is 1.91. The topological polar surface area (TPSA) is 27.7 Å². The van der Waals surface area contributed by atoms with Gasteiger partial charge in [0, 0.05) is 13.2 Å². The molecule has 3 nitrogen and oxygen atoms in total. The summed E-state index contributed by atoms with van der Waals surface area (Å²) in [4.78, 5) is 0. The largest absolute Gasteiger partial charge is 0.379 e. The molecule has 3 rings (SSSR count). The van der Waals surface area contributed by atoms with Gasteiger partial charge in [0.25, 0.3) is 0 Å². The van der Waals surface area contributed by atoms with Crippen LogP contribution in [0.5, 0.6) is 0 Å². The van der Waals surface area contributed by atoms with E-state index in [1.807, 2.05) is 18.2 Å². The Hall–Kier alpha value is -2.46. The molecular formula is C32H42O3. The highest BCUT2D eigenvalue weighted by Gasteiger charge is 2.38. The second-order valence-electron chi connectivity index (χ2n) is 10.0. The van der Waals surface area contributed by atoms with Gasteiger partial charge in [-0.1, -0.05) is 119 Å². The summed E-state index contributed by atoms with van der Waals surface area (Å²) in [6.07, 6.45) is 1.92. The molecular weight excluding hydrogens is 432 g/mol. The minimum absolute atomic E-state index is 0.142. The third-order valence-electron chi connectivity index (χ3n) is 6.22. The van der Waals surface area contributed by atoms with E-state index in [0.29, 0.717) is 31.7 Å². The van der Waals surface area contributed by atoms with Gasteiger partial charge in [-0.15, -0.1) is 0 Å². The molecule has 0 saturated carbocycles. The highest BCUT2D eigenvalue weighted by atomic mass is 16.6. The van der Waals surface area contributed by atoms with Crippen molar-refractivity contribution in [1.29, 1.82) is 0 Å². The first-order valence-electron chi connectivity index (χ1n) is 13.0. The van der Waals surface area contributed by atoms with E-state index >= 15 is 0 Å². The zero-order chi connectivity index (χ0) is 24.9. The third kappa shape index (κ3) is 8.03. The third-order valence-corrected chi connectivity index (χ3v) is 6.22. The van der Waals surface area contributed by atoms with Crippen LogP contribution in [0.4, 0.5) is 0 Å². The predicted molar refractivity (Wildman–Crippen MR) is 145 cm³/mol. The quantitative estimate of drug-likeness (QED) is 0.169.